The zero-order chi connectivity index (χ0) is 17.4. The molecule has 4 heteroatoms. The molecule has 0 atom stereocenters. The van der Waals surface area contributed by atoms with E-state index in [1.807, 2.05) is 18.2 Å². The Hall–Kier alpha value is -3.27. The number of fused-ring (bicyclic) bond motifs is 3. The fraction of sp³-hybridized carbons (Fsp3) is 0.0476. The lowest BCUT2D eigenvalue weighted by Crippen LogP contribution is -2.06. The minimum Gasteiger partial charge on any atom is -0.457 e. The number of carbonyl (C=O) groups is 2. The van der Waals surface area contributed by atoms with E-state index in [0.717, 1.165) is 11.1 Å². The molecule has 1 aliphatic carbocycles. The number of hydrogen-bond donors (Lipinski definition) is 0. The average molecular weight is 332 g/mol. The molecule has 1 aliphatic rings. The van der Waals surface area contributed by atoms with E-state index >= 15 is 0 Å². The standard InChI is InChI=1S/C21H13FO3/c22-15-8-5-13(6-9-15)12-25-21(24)14-7-10-18-19(11-14)16-3-1-2-4-17(16)20(18)23/h1-11H,12H2. The largest absolute Gasteiger partial charge is 0.457 e. The van der Waals surface area contributed by atoms with E-state index in [2.05, 4.69) is 0 Å². The number of carbonyl (C=O) groups excluding carboxylic acids is 2. The van der Waals surface area contributed by atoms with E-state index in [9.17, 15) is 14.0 Å². The first-order valence-electron chi connectivity index (χ1n) is 7.83. The minimum absolute atomic E-state index is 0.0307. The molecule has 4 rings (SSSR count). The van der Waals surface area contributed by atoms with Gasteiger partial charge in [0, 0.05) is 11.1 Å². The lowest BCUT2D eigenvalue weighted by Gasteiger charge is -2.07. The maximum absolute atomic E-state index is 12.9. The Kier molecular flexibility index (Phi) is 3.65. The van der Waals surface area contributed by atoms with Crippen LogP contribution in [-0.4, -0.2) is 11.8 Å². The summed E-state index contributed by atoms with van der Waals surface area (Å²) >= 11 is 0. The monoisotopic (exact) mass is 332 g/mol. The van der Waals surface area contributed by atoms with E-state index in [4.69, 9.17) is 4.74 Å². The van der Waals surface area contributed by atoms with Crippen molar-refractivity contribution in [3.63, 3.8) is 0 Å². The summed E-state index contributed by atoms with van der Waals surface area (Å²) in [6.45, 7) is 0.0612. The van der Waals surface area contributed by atoms with Crippen LogP contribution in [0.5, 0.6) is 0 Å². The highest BCUT2D eigenvalue weighted by atomic mass is 19.1. The van der Waals surface area contributed by atoms with Crippen molar-refractivity contribution in [2.24, 2.45) is 0 Å². The topological polar surface area (TPSA) is 43.4 Å². The quantitative estimate of drug-likeness (QED) is 0.523. The number of halogens is 1. The van der Waals surface area contributed by atoms with E-state index in [1.54, 1.807) is 36.4 Å². The van der Waals surface area contributed by atoms with Crippen LogP contribution in [-0.2, 0) is 11.3 Å². The Morgan fingerprint density at radius 3 is 2.28 bits per heavy atom. The molecule has 0 saturated heterocycles. The normalized spacial score (nSPS) is 11.8. The van der Waals surface area contributed by atoms with Gasteiger partial charge < -0.3 is 4.74 Å². The number of hydrogen-bond acceptors (Lipinski definition) is 3. The molecular weight excluding hydrogens is 319 g/mol. The van der Waals surface area contributed by atoms with Gasteiger partial charge in [-0.2, -0.15) is 0 Å². The number of benzene rings is 3. The highest BCUT2D eigenvalue weighted by Crippen LogP contribution is 2.36. The maximum atomic E-state index is 12.9. The first-order valence-corrected chi connectivity index (χ1v) is 7.83. The fourth-order valence-electron chi connectivity index (χ4n) is 2.97. The second kappa shape index (κ2) is 5.98. The summed E-state index contributed by atoms with van der Waals surface area (Å²) in [6, 6.07) is 18.1. The van der Waals surface area contributed by atoms with Crippen molar-refractivity contribution in [3.8, 4) is 11.1 Å². The number of esters is 1. The molecule has 0 saturated carbocycles. The van der Waals surface area contributed by atoms with E-state index in [0.29, 0.717) is 22.3 Å². The molecule has 0 fully saturated rings. The van der Waals surface area contributed by atoms with Crippen molar-refractivity contribution in [1.82, 2.24) is 0 Å². The summed E-state index contributed by atoms with van der Waals surface area (Å²) in [4.78, 5) is 24.7. The van der Waals surface area contributed by atoms with Crippen molar-refractivity contribution in [2.45, 2.75) is 6.61 Å². The predicted molar refractivity (Wildman–Crippen MR) is 90.8 cm³/mol. The molecule has 0 unspecified atom stereocenters. The summed E-state index contributed by atoms with van der Waals surface area (Å²) in [5.41, 5.74) is 3.90. The van der Waals surface area contributed by atoms with Gasteiger partial charge in [-0.05, 0) is 47.0 Å². The summed E-state index contributed by atoms with van der Waals surface area (Å²) < 4.78 is 18.2. The third kappa shape index (κ3) is 2.72. The SMILES string of the molecule is O=C(OCc1ccc(F)cc1)c1ccc2c(c1)-c1ccccc1C2=O. The highest BCUT2D eigenvalue weighted by molar-refractivity contribution is 6.22. The molecule has 0 spiro atoms. The van der Waals surface area contributed by atoms with Gasteiger partial charge in [-0.25, -0.2) is 9.18 Å². The van der Waals surface area contributed by atoms with Crippen LogP contribution >= 0.6 is 0 Å². The first-order chi connectivity index (χ1) is 12.1. The van der Waals surface area contributed by atoms with Gasteiger partial charge in [0.2, 0.25) is 0 Å². The summed E-state index contributed by atoms with van der Waals surface area (Å²) in [5, 5.41) is 0. The lowest BCUT2D eigenvalue weighted by atomic mass is 10.0. The zero-order valence-electron chi connectivity index (χ0n) is 13.2. The maximum Gasteiger partial charge on any atom is 0.338 e. The third-order valence-electron chi connectivity index (χ3n) is 4.24. The molecule has 0 N–H and O–H groups in total. The van der Waals surface area contributed by atoms with Crippen LogP contribution in [0.2, 0.25) is 0 Å². The van der Waals surface area contributed by atoms with Gasteiger partial charge in [0.1, 0.15) is 12.4 Å². The predicted octanol–water partition coefficient (Wildman–Crippen LogP) is 4.39. The smallest absolute Gasteiger partial charge is 0.338 e. The van der Waals surface area contributed by atoms with Gasteiger partial charge in [0.25, 0.3) is 0 Å². The lowest BCUT2D eigenvalue weighted by molar-refractivity contribution is 0.0472. The van der Waals surface area contributed by atoms with Gasteiger partial charge in [0.05, 0.1) is 5.56 Å². The van der Waals surface area contributed by atoms with Crippen LogP contribution in [0.1, 0.15) is 31.8 Å². The van der Waals surface area contributed by atoms with Crippen LogP contribution in [0.4, 0.5) is 4.39 Å². The second-order valence-corrected chi connectivity index (χ2v) is 5.84. The molecular formula is C21H13FO3. The van der Waals surface area contributed by atoms with Crippen LogP contribution in [0.15, 0.2) is 66.7 Å². The Bertz CT molecular complexity index is 990. The molecule has 25 heavy (non-hydrogen) atoms. The minimum atomic E-state index is -0.482. The van der Waals surface area contributed by atoms with Crippen LogP contribution < -0.4 is 0 Å². The van der Waals surface area contributed by atoms with E-state index in [1.165, 1.54) is 12.1 Å². The van der Waals surface area contributed by atoms with Crippen molar-refractivity contribution < 1.29 is 18.7 Å². The summed E-state index contributed by atoms with van der Waals surface area (Å²) in [5.74, 6) is -0.849. The van der Waals surface area contributed by atoms with Gasteiger partial charge in [0.15, 0.2) is 5.78 Å². The van der Waals surface area contributed by atoms with E-state index in [-0.39, 0.29) is 18.2 Å². The number of ketones is 1. The number of rotatable bonds is 3. The molecule has 0 aromatic heterocycles. The molecule has 3 aromatic carbocycles. The fourth-order valence-corrected chi connectivity index (χ4v) is 2.97. The van der Waals surface area contributed by atoms with Crippen molar-refractivity contribution in [2.75, 3.05) is 0 Å². The van der Waals surface area contributed by atoms with Crippen molar-refractivity contribution in [3.05, 3.63) is 94.8 Å². The molecule has 0 heterocycles. The van der Waals surface area contributed by atoms with Crippen LogP contribution in [0.3, 0.4) is 0 Å². The average Bonchev–Trinajstić information content (AvgIpc) is 2.93. The number of ether oxygens (including phenoxy) is 1. The highest BCUT2D eigenvalue weighted by Gasteiger charge is 2.27. The van der Waals surface area contributed by atoms with Crippen molar-refractivity contribution >= 4 is 11.8 Å². The van der Waals surface area contributed by atoms with Gasteiger partial charge in [-0.15, -0.1) is 0 Å². The third-order valence-corrected chi connectivity index (χ3v) is 4.24. The Balaban J connectivity index is 1.57. The molecule has 0 amide bonds. The summed E-state index contributed by atoms with van der Waals surface area (Å²) in [7, 11) is 0. The van der Waals surface area contributed by atoms with Crippen LogP contribution in [0, 0.1) is 5.82 Å². The van der Waals surface area contributed by atoms with Gasteiger partial charge >= 0.3 is 5.97 Å². The molecule has 3 nitrogen and oxygen atoms in total. The molecule has 0 aliphatic heterocycles. The van der Waals surface area contributed by atoms with Gasteiger partial charge in [-0.3, -0.25) is 4.79 Å². The molecule has 122 valence electrons. The van der Waals surface area contributed by atoms with Crippen LogP contribution in [0.25, 0.3) is 11.1 Å². The summed E-state index contributed by atoms with van der Waals surface area (Å²) in [6.07, 6.45) is 0. The van der Waals surface area contributed by atoms with E-state index < -0.39 is 5.97 Å². The molecule has 3 aromatic rings. The van der Waals surface area contributed by atoms with Crippen molar-refractivity contribution in [1.29, 1.82) is 0 Å². The first kappa shape index (κ1) is 15.3. The Labute approximate surface area is 143 Å². The Morgan fingerprint density at radius 1 is 0.840 bits per heavy atom. The molecule has 0 radical (unpaired) electrons. The Morgan fingerprint density at radius 2 is 1.52 bits per heavy atom. The van der Waals surface area contributed by atoms with Gasteiger partial charge in [-0.1, -0.05) is 36.4 Å². The molecule has 0 bridgehead atoms. The second-order valence-electron chi connectivity index (χ2n) is 5.84. The zero-order valence-corrected chi connectivity index (χ0v) is 13.2.